The summed E-state index contributed by atoms with van der Waals surface area (Å²) in [5.74, 6) is 0.862. The zero-order valence-electron chi connectivity index (χ0n) is 11.3. The molecule has 0 aromatic heterocycles. The van der Waals surface area contributed by atoms with Crippen LogP contribution < -0.4 is 4.74 Å². The van der Waals surface area contributed by atoms with E-state index < -0.39 is 0 Å². The average molecular weight is 259 g/mol. The van der Waals surface area contributed by atoms with Crippen LogP contribution in [0.3, 0.4) is 0 Å². The van der Waals surface area contributed by atoms with Gasteiger partial charge in [0.1, 0.15) is 5.75 Å². The van der Waals surface area contributed by atoms with E-state index in [0.29, 0.717) is 0 Å². The van der Waals surface area contributed by atoms with Crippen LogP contribution in [-0.4, -0.2) is 7.11 Å². The Morgan fingerprint density at radius 1 is 0.750 bits per heavy atom. The first-order valence-corrected chi connectivity index (χ1v) is 6.58. The summed E-state index contributed by atoms with van der Waals surface area (Å²) < 4.78 is 5.28. The molecule has 20 heavy (non-hydrogen) atoms. The first-order chi connectivity index (χ1) is 9.86. The molecule has 97 valence electrons. The third-order valence-electron chi connectivity index (χ3n) is 3.29. The lowest BCUT2D eigenvalue weighted by atomic mass is 9.99. The summed E-state index contributed by atoms with van der Waals surface area (Å²) in [4.78, 5) is 0. The maximum absolute atomic E-state index is 5.28. The van der Waals surface area contributed by atoms with E-state index in [1.807, 2.05) is 30.3 Å². The molecule has 0 aliphatic rings. The molecule has 0 saturated heterocycles. The largest absolute Gasteiger partial charge is 0.497 e. The quantitative estimate of drug-likeness (QED) is 0.654. The summed E-state index contributed by atoms with van der Waals surface area (Å²) in [6.07, 6.45) is 0. The molecule has 0 amide bonds. The van der Waals surface area contributed by atoms with Gasteiger partial charge in [-0.2, -0.15) is 0 Å². The van der Waals surface area contributed by atoms with Crippen LogP contribution >= 0.6 is 0 Å². The maximum atomic E-state index is 5.28. The third kappa shape index (κ3) is 2.57. The van der Waals surface area contributed by atoms with Crippen molar-refractivity contribution in [3.63, 3.8) is 0 Å². The molecule has 0 N–H and O–H groups in total. The summed E-state index contributed by atoms with van der Waals surface area (Å²) in [6, 6.07) is 27.9. The van der Waals surface area contributed by atoms with Crippen molar-refractivity contribution in [2.24, 2.45) is 0 Å². The van der Waals surface area contributed by atoms with Crippen molar-refractivity contribution in [2.75, 3.05) is 7.11 Å². The van der Waals surface area contributed by atoms with E-state index in [0.717, 1.165) is 16.9 Å². The van der Waals surface area contributed by atoms with Crippen molar-refractivity contribution < 1.29 is 4.74 Å². The molecule has 0 fully saturated rings. The van der Waals surface area contributed by atoms with Gasteiger partial charge in [0.2, 0.25) is 0 Å². The molecule has 0 saturated carbocycles. The molecule has 1 nitrogen and oxygen atoms in total. The third-order valence-corrected chi connectivity index (χ3v) is 3.29. The number of benzene rings is 3. The van der Waals surface area contributed by atoms with Gasteiger partial charge < -0.3 is 4.74 Å². The summed E-state index contributed by atoms with van der Waals surface area (Å²) in [7, 11) is 1.68. The van der Waals surface area contributed by atoms with Crippen molar-refractivity contribution in [3.8, 4) is 28.0 Å². The van der Waals surface area contributed by atoms with Crippen molar-refractivity contribution in [1.29, 1.82) is 0 Å². The summed E-state index contributed by atoms with van der Waals surface area (Å²) in [6.45, 7) is 0. The van der Waals surface area contributed by atoms with Crippen LogP contribution in [0, 0.1) is 6.07 Å². The van der Waals surface area contributed by atoms with Crippen LogP contribution in [-0.2, 0) is 0 Å². The standard InChI is InChI=1S/C19H15O/c1-20-19-12-6-11-18(14-19)17-10-5-9-16(13-17)15-7-3-2-4-8-15/h2-9,11-14H,1H3. The normalized spacial score (nSPS) is 10.2. The van der Waals surface area contributed by atoms with E-state index in [1.165, 1.54) is 11.1 Å². The van der Waals surface area contributed by atoms with Gasteiger partial charge in [-0.05, 0) is 46.5 Å². The van der Waals surface area contributed by atoms with Gasteiger partial charge in [-0.15, -0.1) is 0 Å². The second-order valence-electron chi connectivity index (χ2n) is 4.59. The smallest absolute Gasteiger partial charge is 0.119 e. The van der Waals surface area contributed by atoms with E-state index in [2.05, 4.69) is 48.5 Å². The fraction of sp³-hybridized carbons (Fsp3) is 0.0526. The van der Waals surface area contributed by atoms with Gasteiger partial charge >= 0.3 is 0 Å². The molecule has 1 heteroatoms. The first kappa shape index (κ1) is 12.5. The van der Waals surface area contributed by atoms with Crippen LogP contribution in [0.5, 0.6) is 5.75 Å². The van der Waals surface area contributed by atoms with Crippen molar-refractivity contribution in [1.82, 2.24) is 0 Å². The zero-order chi connectivity index (χ0) is 13.8. The highest BCUT2D eigenvalue weighted by atomic mass is 16.5. The van der Waals surface area contributed by atoms with Crippen molar-refractivity contribution >= 4 is 0 Å². The van der Waals surface area contributed by atoms with Gasteiger partial charge in [-0.25, -0.2) is 0 Å². The van der Waals surface area contributed by atoms with E-state index in [4.69, 9.17) is 4.74 Å². The fourth-order valence-electron chi connectivity index (χ4n) is 2.23. The van der Waals surface area contributed by atoms with Crippen LogP contribution in [0.15, 0.2) is 72.8 Å². The molecular formula is C19H15O. The lowest BCUT2D eigenvalue weighted by Crippen LogP contribution is -1.85. The molecule has 0 atom stereocenters. The van der Waals surface area contributed by atoms with E-state index in [-0.39, 0.29) is 0 Å². The van der Waals surface area contributed by atoms with Crippen LogP contribution in [0.4, 0.5) is 0 Å². The highest BCUT2D eigenvalue weighted by Crippen LogP contribution is 2.27. The molecular weight excluding hydrogens is 244 g/mol. The highest BCUT2D eigenvalue weighted by Gasteiger charge is 2.02. The number of hydrogen-bond donors (Lipinski definition) is 0. The Morgan fingerprint density at radius 2 is 1.55 bits per heavy atom. The second-order valence-corrected chi connectivity index (χ2v) is 4.59. The lowest BCUT2D eigenvalue weighted by Gasteiger charge is -2.07. The van der Waals surface area contributed by atoms with Crippen molar-refractivity contribution in [2.45, 2.75) is 0 Å². The molecule has 0 aliphatic heterocycles. The minimum atomic E-state index is 0.862. The van der Waals surface area contributed by atoms with Gasteiger partial charge in [0.15, 0.2) is 0 Å². The predicted octanol–water partition coefficient (Wildman–Crippen LogP) is 4.83. The Hall–Kier alpha value is -2.54. The van der Waals surface area contributed by atoms with Gasteiger partial charge in [-0.3, -0.25) is 0 Å². The monoisotopic (exact) mass is 259 g/mol. The summed E-state index contributed by atoms with van der Waals surface area (Å²) in [5.41, 5.74) is 4.60. The minimum Gasteiger partial charge on any atom is -0.497 e. The van der Waals surface area contributed by atoms with Gasteiger partial charge in [0.05, 0.1) is 7.11 Å². The Morgan fingerprint density at radius 3 is 2.35 bits per heavy atom. The highest BCUT2D eigenvalue weighted by molar-refractivity contribution is 5.73. The van der Waals surface area contributed by atoms with Crippen LogP contribution in [0.25, 0.3) is 22.3 Å². The molecule has 3 aromatic rings. The summed E-state index contributed by atoms with van der Waals surface area (Å²) >= 11 is 0. The molecule has 0 heterocycles. The molecule has 1 radical (unpaired) electrons. The number of ether oxygens (including phenoxy) is 1. The predicted molar refractivity (Wildman–Crippen MR) is 82.7 cm³/mol. The van der Waals surface area contributed by atoms with Crippen LogP contribution in [0.2, 0.25) is 0 Å². The Labute approximate surface area is 119 Å². The van der Waals surface area contributed by atoms with Crippen molar-refractivity contribution in [3.05, 3.63) is 78.9 Å². The minimum absolute atomic E-state index is 0.862. The topological polar surface area (TPSA) is 9.23 Å². The molecule has 0 bridgehead atoms. The number of hydrogen-bond acceptors (Lipinski definition) is 1. The molecule has 0 unspecified atom stereocenters. The average Bonchev–Trinajstić information content (AvgIpc) is 2.56. The zero-order valence-corrected chi connectivity index (χ0v) is 11.3. The summed E-state index contributed by atoms with van der Waals surface area (Å²) in [5, 5.41) is 0. The van der Waals surface area contributed by atoms with E-state index in [1.54, 1.807) is 7.11 Å². The molecule has 0 aliphatic carbocycles. The Kier molecular flexibility index (Phi) is 3.51. The molecule has 3 rings (SSSR count). The molecule has 0 spiro atoms. The first-order valence-electron chi connectivity index (χ1n) is 6.58. The Balaban J connectivity index is 2.03. The van der Waals surface area contributed by atoms with Gasteiger partial charge in [0, 0.05) is 0 Å². The molecule has 3 aromatic carbocycles. The fourth-order valence-corrected chi connectivity index (χ4v) is 2.23. The van der Waals surface area contributed by atoms with Gasteiger partial charge in [-0.1, -0.05) is 54.6 Å². The Bertz CT molecular complexity index is 702. The second kappa shape index (κ2) is 5.62. The van der Waals surface area contributed by atoms with E-state index in [9.17, 15) is 0 Å². The van der Waals surface area contributed by atoms with Gasteiger partial charge in [0.25, 0.3) is 0 Å². The SMILES string of the molecule is COc1cccc(-c2[c]ccc(-c3ccccc3)c2)c1. The number of methoxy groups -OCH3 is 1. The lowest BCUT2D eigenvalue weighted by molar-refractivity contribution is 0.415. The number of rotatable bonds is 3. The maximum Gasteiger partial charge on any atom is 0.119 e. The van der Waals surface area contributed by atoms with Crippen LogP contribution in [0.1, 0.15) is 0 Å². The van der Waals surface area contributed by atoms with E-state index >= 15 is 0 Å².